The van der Waals surface area contributed by atoms with Crippen molar-refractivity contribution in [1.29, 1.82) is 0 Å². The van der Waals surface area contributed by atoms with Gasteiger partial charge in [-0.05, 0) is 12.0 Å². The summed E-state index contributed by atoms with van der Waals surface area (Å²) in [4.78, 5) is 13.6. The average molecular weight is 300 g/mol. The van der Waals surface area contributed by atoms with Gasteiger partial charge < -0.3 is 4.90 Å². The predicted molar refractivity (Wildman–Crippen MR) is 79.6 cm³/mol. The molecule has 1 heterocycles. The number of halogens is 2. The molecule has 0 bridgehead atoms. The molecule has 19 heavy (non-hydrogen) atoms. The van der Waals surface area contributed by atoms with E-state index >= 15 is 0 Å². The van der Waals surface area contributed by atoms with Crippen molar-refractivity contribution in [3.63, 3.8) is 0 Å². The van der Waals surface area contributed by atoms with Crippen LogP contribution in [0.15, 0.2) is 30.3 Å². The van der Waals surface area contributed by atoms with Crippen molar-refractivity contribution in [3.8, 4) is 0 Å². The van der Waals surface area contributed by atoms with Crippen LogP contribution in [0.2, 0.25) is 0 Å². The van der Waals surface area contributed by atoms with E-state index in [-0.39, 0.29) is 11.8 Å². The van der Waals surface area contributed by atoms with Gasteiger partial charge in [-0.1, -0.05) is 43.7 Å². The second kappa shape index (κ2) is 6.15. The molecule has 0 spiro atoms. The van der Waals surface area contributed by atoms with Gasteiger partial charge in [-0.15, -0.1) is 23.2 Å². The van der Waals surface area contributed by atoms with Crippen molar-refractivity contribution < 1.29 is 4.79 Å². The van der Waals surface area contributed by atoms with Crippen LogP contribution in [0.4, 0.5) is 0 Å². The van der Waals surface area contributed by atoms with Crippen LogP contribution in [0.1, 0.15) is 25.3 Å². The third-order valence-electron chi connectivity index (χ3n) is 3.75. The highest BCUT2D eigenvalue weighted by atomic mass is 35.5. The van der Waals surface area contributed by atoms with E-state index < -0.39 is 4.87 Å². The number of carbonyl (C=O) groups excluding carboxylic acids is 1. The first-order valence-corrected chi connectivity index (χ1v) is 7.61. The van der Waals surface area contributed by atoms with E-state index in [1.807, 2.05) is 42.2 Å². The smallest absolute Gasteiger partial charge is 0.244 e. The number of rotatable bonds is 5. The Labute approximate surface area is 124 Å². The molecule has 1 aromatic carbocycles. The Kier molecular flexibility index (Phi) is 4.75. The molecule has 0 saturated carbocycles. The van der Waals surface area contributed by atoms with Gasteiger partial charge in [-0.25, -0.2) is 0 Å². The van der Waals surface area contributed by atoms with Crippen molar-refractivity contribution in [2.45, 2.75) is 31.2 Å². The Balaban J connectivity index is 2.14. The molecule has 0 N–H and O–H groups in total. The van der Waals surface area contributed by atoms with E-state index in [1.54, 1.807) is 0 Å². The molecule has 1 amide bonds. The molecule has 1 aliphatic heterocycles. The van der Waals surface area contributed by atoms with Gasteiger partial charge in [0.2, 0.25) is 5.91 Å². The molecule has 1 saturated heterocycles. The monoisotopic (exact) mass is 299 g/mol. The van der Waals surface area contributed by atoms with Crippen molar-refractivity contribution in [3.05, 3.63) is 35.9 Å². The highest BCUT2D eigenvalue weighted by Crippen LogP contribution is 2.40. The zero-order valence-electron chi connectivity index (χ0n) is 11.1. The van der Waals surface area contributed by atoms with Gasteiger partial charge in [-0.3, -0.25) is 4.79 Å². The standard InChI is InChI=1S/C15H19Cl2NO/c1-2-8-15(17)13(9-16)11-18(14(15)19)10-12-6-4-3-5-7-12/h3-7,13H,2,8-11H2,1H3/t13-,15+/m0/s1. The number of hydrogen-bond acceptors (Lipinski definition) is 1. The second-order valence-corrected chi connectivity index (χ2v) is 6.12. The predicted octanol–water partition coefficient (Wildman–Crippen LogP) is 3.66. The van der Waals surface area contributed by atoms with Crippen LogP contribution in [0, 0.1) is 5.92 Å². The lowest BCUT2D eigenvalue weighted by Crippen LogP contribution is -2.38. The molecule has 1 aliphatic rings. The van der Waals surface area contributed by atoms with Crippen LogP contribution in [0.3, 0.4) is 0 Å². The number of nitrogens with zero attached hydrogens (tertiary/aromatic N) is 1. The molecule has 2 rings (SSSR count). The summed E-state index contributed by atoms with van der Waals surface area (Å²) in [7, 11) is 0. The maximum absolute atomic E-state index is 12.5. The molecule has 2 atom stereocenters. The highest BCUT2D eigenvalue weighted by molar-refractivity contribution is 6.36. The fourth-order valence-electron chi connectivity index (χ4n) is 2.72. The van der Waals surface area contributed by atoms with Crippen LogP contribution < -0.4 is 0 Å². The summed E-state index contributed by atoms with van der Waals surface area (Å²) in [5.41, 5.74) is 1.13. The number of amides is 1. The summed E-state index contributed by atoms with van der Waals surface area (Å²) in [5.74, 6) is 0.498. The Morgan fingerprint density at radius 3 is 2.63 bits per heavy atom. The molecule has 0 unspecified atom stereocenters. The zero-order chi connectivity index (χ0) is 13.9. The van der Waals surface area contributed by atoms with Crippen LogP contribution >= 0.6 is 23.2 Å². The van der Waals surface area contributed by atoms with Gasteiger partial charge in [0.05, 0.1) is 0 Å². The van der Waals surface area contributed by atoms with Gasteiger partial charge in [0, 0.05) is 24.9 Å². The average Bonchev–Trinajstić information content (AvgIpc) is 2.65. The van der Waals surface area contributed by atoms with E-state index in [0.717, 1.165) is 12.0 Å². The van der Waals surface area contributed by atoms with Crippen LogP contribution in [0.5, 0.6) is 0 Å². The minimum Gasteiger partial charge on any atom is -0.336 e. The van der Waals surface area contributed by atoms with E-state index in [4.69, 9.17) is 23.2 Å². The molecule has 0 radical (unpaired) electrons. The molecule has 1 aromatic rings. The first-order valence-electron chi connectivity index (χ1n) is 6.70. The molecular weight excluding hydrogens is 281 g/mol. The van der Waals surface area contributed by atoms with Crippen molar-refractivity contribution in [1.82, 2.24) is 4.90 Å². The van der Waals surface area contributed by atoms with Gasteiger partial charge in [0.25, 0.3) is 0 Å². The Morgan fingerprint density at radius 2 is 2.05 bits per heavy atom. The summed E-state index contributed by atoms with van der Waals surface area (Å²) in [5, 5.41) is 0. The summed E-state index contributed by atoms with van der Waals surface area (Å²) in [6, 6.07) is 9.98. The summed E-state index contributed by atoms with van der Waals surface area (Å²) in [6.07, 6.45) is 1.58. The molecule has 104 valence electrons. The normalized spacial score (nSPS) is 27.0. The van der Waals surface area contributed by atoms with E-state index in [9.17, 15) is 4.79 Å². The van der Waals surface area contributed by atoms with Crippen molar-refractivity contribution >= 4 is 29.1 Å². The van der Waals surface area contributed by atoms with Gasteiger partial charge in [0.15, 0.2) is 0 Å². The SMILES string of the molecule is CCC[C@]1(Cl)C(=O)N(Cc2ccccc2)C[C@@H]1CCl. The lowest BCUT2D eigenvalue weighted by atomic mass is 9.92. The van der Waals surface area contributed by atoms with Crippen LogP contribution in [-0.4, -0.2) is 28.1 Å². The number of alkyl halides is 2. The third kappa shape index (κ3) is 2.90. The van der Waals surface area contributed by atoms with Crippen molar-refractivity contribution in [2.24, 2.45) is 5.92 Å². The largest absolute Gasteiger partial charge is 0.336 e. The van der Waals surface area contributed by atoms with E-state index in [0.29, 0.717) is 25.4 Å². The van der Waals surface area contributed by atoms with Gasteiger partial charge in [0.1, 0.15) is 4.87 Å². The highest BCUT2D eigenvalue weighted by Gasteiger charge is 2.51. The Morgan fingerprint density at radius 1 is 1.37 bits per heavy atom. The summed E-state index contributed by atoms with van der Waals surface area (Å²) < 4.78 is 0. The zero-order valence-corrected chi connectivity index (χ0v) is 12.6. The first kappa shape index (κ1) is 14.7. The van der Waals surface area contributed by atoms with E-state index in [1.165, 1.54) is 0 Å². The Bertz CT molecular complexity index is 437. The first-order chi connectivity index (χ1) is 9.11. The fourth-order valence-corrected chi connectivity index (χ4v) is 3.61. The molecule has 0 aromatic heterocycles. The number of benzene rings is 1. The molecule has 2 nitrogen and oxygen atoms in total. The van der Waals surface area contributed by atoms with Crippen LogP contribution in [-0.2, 0) is 11.3 Å². The molecular formula is C15H19Cl2NO. The topological polar surface area (TPSA) is 20.3 Å². The lowest BCUT2D eigenvalue weighted by Gasteiger charge is -2.24. The minimum absolute atomic E-state index is 0.0329. The molecule has 1 fully saturated rings. The van der Waals surface area contributed by atoms with Gasteiger partial charge in [-0.2, -0.15) is 0 Å². The quantitative estimate of drug-likeness (QED) is 0.760. The summed E-state index contributed by atoms with van der Waals surface area (Å²) >= 11 is 12.6. The molecule has 4 heteroatoms. The minimum atomic E-state index is -0.800. The number of carbonyl (C=O) groups is 1. The van der Waals surface area contributed by atoms with Crippen LogP contribution in [0.25, 0.3) is 0 Å². The summed E-state index contributed by atoms with van der Waals surface area (Å²) in [6.45, 7) is 3.31. The van der Waals surface area contributed by atoms with Gasteiger partial charge >= 0.3 is 0 Å². The Hall–Kier alpha value is -0.730. The number of hydrogen-bond donors (Lipinski definition) is 0. The second-order valence-electron chi connectivity index (χ2n) is 5.13. The lowest BCUT2D eigenvalue weighted by molar-refractivity contribution is -0.130. The maximum atomic E-state index is 12.5. The maximum Gasteiger partial charge on any atom is 0.244 e. The number of likely N-dealkylation sites (tertiary alicyclic amines) is 1. The van der Waals surface area contributed by atoms with Crippen molar-refractivity contribution in [2.75, 3.05) is 12.4 Å². The fraction of sp³-hybridized carbons (Fsp3) is 0.533. The van der Waals surface area contributed by atoms with E-state index in [2.05, 4.69) is 0 Å². The third-order valence-corrected chi connectivity index (χ3v) is 4.78. The molecule has 0 aliphatic carbocycles.